The van der Waals surface area contributed by atoms with Crippen molar-refractivity contribution in [3.63, 3.8) is 0 Å². The van der Waals surface area contributed by atoms with Gasteiger partial charge < -0.3 is 9.72 Å². The van der Waals surface area contributed by atoms with Crippen LogP contribution in [-0.2, 0) is 0 Å². The van der Waals surface area contributed by atoms with E-state index >= 15 is 0 Å². The smallest absolute Gasteiger partial charge is 0.332 e. The summed E-state index contributed by atoms with van der Waals surface area (Å²) in [4.78, 5) is 24.6. The third-order valence-corrected chi connectivity index (χ3v) is 2.52. The van der Waals surface area contributed by atoms with Crippen molar-refractivity contribution >= 4 is 16.6 Å². The van der Waals surface area contributed by atoms with Crippen LogP contribution in [0.3, 0.4) is 0 Å². The lowest BCUT2D eigenvalue weighted by atomic mass is 10.2. The Kier molecular flexibility index (Phi) is 3.27. The molecule has 1 aromatic heterocycles. The lowest BCUT2D eigenvalue weighted by Gasteiger charge is -2.07. The predicted molar refractivity (Wildman–Crippen MR) is 67.0 cm³/mol. The fourth-order valence-electron chi connectivity index (χ4n) is 1.68. The molecule has 94 valence electrons. The van der Waals surface area contributed by atoms with Crippen LogP contribution < -0.4 is 10.2 Å². The Morgan fingerprint density at radius 2 is 2.22 bits per heavy atom. The molecular formula is C12H12N2O4. The van der Waals surface area contributed by atoms with E-state index in [1.165, 1.54) is 0 Å². The molecule has 1 heterocycles. The Balaban J connectivity index is 2.63. The summed E-state index contributed by atoms with van der Waals surface area (Å²) in [6.45, 7) is 2.50. The highest BCUT2D eigenvalue weighted by molar-refractivity contribution is 5.85. The quantitative estimate of drug-likeness (QED) is 0.664. The third kappa shape index (κ3) is 2.04. The van der Waals surface area contributed by atoms with Gasteiger partial charge in [0.25, 0.3) is 5.43 Å². The Bertz CT molecular complexity index is 648. The molecule has 0 aliphatic carbocycles. The molecule has 0 saturated heterocycles. The average molecular weight is 248 g/mol. The van der Waals surface area contributed by atoms with E-state index in [0.717, 1.165) is 12.6 Å². The minimum Gasteiger partial charge on any atom is -0.491 e. The van der Waals surface area contributed by atoms with Crippen molar-refractivity contribution in [2.24, 2.45) is 0 Å². The number of benzene rings is 1. The van der Waals surface area contributed by atoms with Crippen molar-refractivity contribution in [1.82, 2.24) is 4.98 Å². The lowest BCUT2D eigenvalue weighted by Crippen LogP contribution is -2.09. The van der Waals surface area contributed by atoms with Crippen molar-refractivity contribution in [2.45, 2.75) is 13.3 Å². The van der Waals surface area contributed by atoms with Crippen LogP contribution in [0, 0.1) is 10.1 Å². The highest BCUT2D eigenvalue weighted by Crippen LogP contribution is 2.22. The number of aromatic amines is 1. The summed E-state index contributed by atoms with van der Waals surface area (Å²) >= 11 is 0. The second-order valence-electron chi connectivity index (χ2n) is 3.79. The van der Waals surface area contributed by atoms with Crippen LogP contribution in [0.4, 0.5) is 5.69 Å². The van der Waals surface area contributed by atoms with Crippen molar-refractivity contribution in [1.29, 1.82) is 0 Å². The van der Waals surface area contributed by atoms with E-state index in [1.54, 1.807) is 18.2 Å². The zero-order chi connectivity index (χ0) is 13.1. The number of pyridine rings is 1. The van der Waals surface area contributed by atoms with Crippen LogP contribution in [0.2, 0.25) is 0 Å². The zero-order valence-corrected chi connectivity index (χ0v) is 9.80. The second kappa shape index (κ2) is 4.87. The van der Waals surface area contributed by atoms with Gasteiger partial charge >= 0.3 is 5.69 Å². The number of hydrogen-bond donors (Lipinski definition) is 1. The number of aromatic nitrogens is 1. The first kappa shape index (κ1) is 12.1. The van der Waals surface area contributed by atoms with Crippen LogP contribution in [0.5, 0.6) is 5.75 Å². The van der Waals surface area contributed by atoms with Crippen LogP contribution >= 0.6 is 0 Å². The molecule has 0 atom stereocenters. The maximum absolute atomic E-state index is 11.9. The number of ether oxygens (including phenoxy) is 1. The lowest BCUT2D eigenvalue weighted by molar-refractivity contribution is -0.386. The minimum atomic E-state index is -0.697. The van der Waals surface area contributed by atoms with E-state index in [4.69, 9.17) is 4.74 Å². The van der Waals surface area contributed by atoms with Gasteiger partial charge in [-0.3, -0.25) is 14.9 Å². The molecule has 0 bridgehead atoms. The Labute approximate surface area is 102 Å². The summed E-state index contributed by atoms with van der Waals surface area (Å²) < 4.78 is 5.48. The van der Waals surface area contributed by atoms with Gasteiger partial charge in [-0.25, -0.2) is 0 Å². The number of nitro groups is 1. The molecule has 0 aliphatic rings. The Morgan fingerprint density at radius 1 is 1.44 bits per heavy atom. The Hall–Kier alpha value is -2.37. The summed E-state index contributed by atoms with van der Waals surface area (Å²) in [6, 6.07) is 4.91. The number of hydrogen-bond acceptors (Lipinski definition) is 4. The van der Waals surface area contributed by atoms with E-state index in [2.05, 4.69) is 4.98 Å². The topological polar surface area (TPSA) is 85.2 Å². The summed E-state index contributed by atoms with van der Waals surface area (Å²) in [5, 5.41) is 10.9. The second-order valence-corrected chi connectivity index (χ2v) is 3.79. The van der Waals surface area contributed by atoms with Gasteiger partial charge in [0, 0.05) is 0 Å². The van der Waals surface area contributed by atoms with Crippen LogP contribution in [-0.4, -0.2) is 16.5 Å². The van der Waals surface area contributed by atoms with Crippen LogP contribution in [0.1, 0.15) is 13.3 Å². The summed E-state index contributed by atoms with van der Waals surface area (Å²) in [7, 11) is 0. The number of nitrogens with zero attached hydrogens (tertiary/aromatic N) is 1. The van der Waals surface area contributed by atoms with Gasteiger partial charge in [0.05, 0.1) is 28.6 Å². The van der Waals surface area contributed by atoms with Crippen molar-refractivity contribution in [3.8, 4) is 5.75 Å². The standard InChI is InChI=1S/C12H12N2O4/c1-2-6-18-10-5-3-4-8-11(10)13-7-9(12(8)15)14(16)17/h3-5,7H,2,6H2,1H3,(H,13,15). The first-order chi connectivity index (χ1) is 8.65. The minimum absolute atomic E-state index is 0.262. The van der Waals surface area contributed by atoms with Gasteiger partial charge in [-0.2, -0.15) is 0 Å². The van der Waals surface area contributed by atoms with E-state index in [9.17, 15) is 14.9 Å². The molecule has 0 spiro atoms. The third-order valence-electron chi connectivity index (χ3n) is 2.52. The van der Waals surface area contributed by atoms with E-state index in [0.29, 0.717) is 17.9 Å². The van der Waals surface area contributed by atoms with Crippen molar-refractivity contribution in [2.75, 3.05) is 6.61 Å². The molecule has 0 amide bonds. The first-order valence-corrected chi connectivity index (χ1v) is 5.56. The number of para-hydroxylation sites is 1. The Morgan fingerprint density at radius 3 is 2.89 bits per heavy atom. The fraction of sp³-hybridized carbons (Fsp3) is 0.250. The highest BCUT2D eigenvalue weighted by atomic mass is 16.6. The maximum atomic E-state index is 11.9. The van der Waals surface area contributed by atoms with Gasteiger partial charge in [-0.15, -0.1) is 0 Å². The molecule has 2 rings (SSSR count). The first-order valence-electron chi connectivity index (χ1n) is 5.56. The number of nitrogens with one attached hydrogen (secondary N) is 1. The average Bonchev–Trinajstić information content (AvgIpc) is 2.36. The predicted octanol–water partition coefficient (Wildman–Crippen LogP) is 2.23. The number of fused-ring (bicyclic) bond motifs is 1. The molecule has 6 nitrogen and oxygen atoms in total. The van der Waals surface area contributed by atoms with Gasteiger partial charge in [0.2, 0.25) is 0 Å². The largest absolute Gasteiger partial charge is 0.491 e. The molecule has 1 aromatic carbocycles. The highest BCUT2D eigenvalue weighted by Gasteiger charge is 2.16. The maximum Gasteiger partial charge on any atom is 0.332 e. The summed E-state index contributed by atoms with van der Waals surface area (Å²) in [5.74, 6) is 0.529. The van der Waals surface area contributed by atoms with Gasteiger partial charge in [0.1, 0.15) is 5.75 Å². The molecule has 0 aliphatic heterocycles. The molecular weight excluding hydrogens is 236 g/mol. The van der Waals surface area contributed by atoms with Gasteiger partial charge in [-0.05, 0) is 18.6 Å². The normalized spacial score (nSPS) is 10.5. The molecule has 0 saturated carbocycles. The summed E-state index contributed by atoms with van der Waals surface area (Å²) in [5.41, 5.74) is -0.576. The van der Waals surface area contributed by atoms with Crippen molar-refractivity contribution < 1.29 is 9.66 Å². The van der Waals surface area contributed by atoms with Crippen LogP contribution in [0.25, 0.3) is 10.9 Å². The molecule has 0 fully saturated rings. The molecule has 6 heteroatoms. The molecule has 0 radical (unpaired) electrons. The fourth-order valence-corrected chi connectivity index (χ4v) is 1.68. The molecule has 18 heavy (non-hydrogen) atoms. The summed E-state index contributed by atoms with van der Waals surface area (Å²) in [6.07, 6.45) is 1.94. The monoisotopic (exact) mass is 248 g/mol. The molecule has 1 N–H and O–H groups in total. The van der Waals surface area contributed by atoms with Gasteiger partial charge in [0.15, 0.2) is 0 Å². The van der Waals surface area contributed by atoms with Crippen LogP contribution in [0.15, 0.2) is 29.2 Å². The van der Waals surface area contributed by atoms with Gasteiger partial charge in [-0.1, -0.05) is 13.0 Å². The SMILES string of the molecule is CCCOc1cccc2c(=O)c([N+](=O)[O-])c[nH]c12. The molecule has 0 unspecified atom stereocenters. The molecule has 2 aromatic rings. The van der Waals surface area contributed by atoms with E-state index in [-0.39, 0.29) is 5.39 Å². The van der Waals surface area contributed by atoms with Crippen molar-refractivity contribution in [3.05, 3.63) is 44.7 Å². The number of rotatable bonds is 4. The zero-order valence-electron chi connectivity index (χ0n) is 9.80. The van der Waals surface area contributed by atoms with E-state index in [1.807, 2.05) is 6.92 Å². The van der Waals surface area contributed by atoms with E-state index < -0.39 is 16.0 Å². The number of H-pyrrole nitrogens is 1.